The van der Waals surface area contributed by atoms with Crippen LogP contribution in [0.5, 0.6) is 0 Å². The van der Waals surface area contributed by atoms with Crippen molar-refractivity contribution in [2.75, 3.05) is 0 Å². The maximum absolute atomic E-state index is 11.6. The maximum Gasteiger partial charge on any atom is 0.302 e. The Morgan fingerprint density at radius 3 is 3.00 bits per heavy atom. The van der Waals surface area contributed by atoms with Crippen molar-refractivity contribution in [1.29, 1.82) is 0 Å². The average molecular weight is 253 g/mol. The SMILES string of the molecule is CC(=O)OCc1cccc2c(=O)[nH]c(Cl)nc12. The second-order valence-corrected chi connectivity index (χ2v) is 3.81. The molecule has 0 aliphatic carbocycles. The number of fused-ring (bicyclic) bond motifs is 1. The lowest BCUT2D eigenvalue weighted by molar-refractivity contribution is -0.142. The topological polar surface area (TPSA) is 72.1 Å². The predicted octanol–water partition coefficient (Wildman–Crippen LogP) is 1.64. The number of nitrogens with zero attached hydrogens (tertiary/aromatic N) is 1. The van der Waals surface area contributed by atoms with Crippen LogP contribution in [0.25, 0.3) is 10.9 Å². The highest BCUT2D eigenvalue weighted by atomic mass is 35.5. The van der Waals surface area contributed by atoms with Gasteiger partial charge in [-0.05, 0) is 17.7 Å². The second kappa shape index (κ2) is 4.55. The van der Waals surface area contributed by atoms with E-state index < -0.39 is 5.97 Å². The van der Waals surface area contributed by atoms with Gasteiger partial charge in [-0.2, -0.15) is 0 Å². The van der Waals surface area contributed by atoms with E-state index in [0.29, 0.717) is 16.5 Å². The van der Waals surface area contributed by atoms with E-state index in [-0.39, 0.29) is 17.4 Å². The van der Waals surface area contributed by atoms with Gasteiger partial charge in [-0.3, -0.25) is 14.6 Å². The van der Waals surface area contributed by atoms with Crippen molar-refractivity contribution in [2.45, 2.75) is 13.5 Å². The van der Waals surface area contributed by atoms with Crippen LogP contribution in [-0.4, -0.2) is 15.9 Å². The van der Waals surface area contributed by atoms with E-state index in [0.717, 1.165) is 0 Å². The first-order valence-electron chi connectivity index (χ1n) is 4.88. The molecule has 1 N–H and O–H groups in total. The molecule has 1 heterocycles. The van der Waals surface area contributed by atoms with Crippen LogP contribution in [0.2, 0.25) is 5.28 Å². The van der Waals surface area contributed by atoms with E-state index in [2.05, 4.69) is 9.97 Å². The van der Waals surface area contributed by atoms with Crippen LogP contribution < -0.4 is 5.56 Å². The normalized spacial score (nSPS) is 10.5. The van der Waals surface area contributed by atoms with Crippen LogP contribution in [0.1, 0.15) is 12.5 Å². The molecule has 0 spiro atoms. The number of hydrogen-bond donors (Lipinski definition) is 1. The molecule has 0 aliphatic heterocycles. The first kappa shape index (κ1) is 11.6. The van der Waals surface area contributed by atoms with E-state index in [1.54, 1.807) is 18.2 Å². The molecule has 0 atom stereocenters. The number of carbonyl (C=O) groups is 1. The number of nitrogens with one attached hydrogen (secondary N) is 1. The number of aromatic nitrogens is 2. The van der Waals surface area contributed by atoms with Gasteiger partial charge in [0.2, 0.25) is 5.28 Å². The van der Waals surface area contributed by atoms with Crippen molar-refractivity contribution in [3.05, 3.63) is 39.4 Å². The Kier molecular flexibility index (Phi) is 3.10. The van der Waals surface area contributed by atoms with Gasteiger partial charge in [-0.15, -0.1) is 0 Å². The van der Waals surface area contributed by atoms with Crippen LogP contribution in [0, 0.1) is 0 Å². The van der Waals surface area contributed by atoms with Gasteiger partial charge in [0.05, 0.1) is 10.9 Å². The number of halogens is 1. The van der Waals surface area contributed by atoms with E-state index in [9.17, 15) is 9.59 Å². The quantitative estimate of drug-likeness (QED) is 0.651. The van der Waals surface area contributed by atoms with E-state index in [1.807, 2.05) is 0 Å². The van der Waals surface area contributed by atoms with Crippen molar-refractivity contribution in [1.82, 2.24) is 9.97 Å². The molecule has 0 aliphatic rings. The fourth-order valence-electron chi connectivity index (χ4n) is 1.49. The molecule has 17 heavy (non-hydrogen) atoms. The van der Waals surface area contributed by atoms with Gasteiger partial charge in [0.25, 0.3) is 5.56 Å². The molecule has 0 amide bonds. The summed E-state index contributed by atoms with van der Waals surface area (Å²) < 4.78 is 4.88. The number of carbonyl (C=O) groups excluding carboxylic acids is 1. The lowest BCUT2D eigenvalue weighted by Gasteiger charge is -2.05. The summed E-state index contributed by atoms with van der Waals surface area (Å²) in [7, 11) is 0. The minimum atomic E-state index is -0.391. The Morgan fingerprint density at radius 1 is 1.53 bits per heavy atom. The molecule has 5 nitrogen and oxygen atoms in total. The third-order valence-corrected chi connectivity index (χ3v) is 2.40. The van der Waals surface area contributed by atoms with Crippen molar-refractivity contribution in [3.63, 3.8) is 0 Å². The zero-order valence-corrected chi connectivity index (χ0v) is 9.75. The zero-order chi connectivity index (χ0) is 12.4. The van der Waals surface area contributed by atoms with Crippen LogP contribution in [0.15, 0.2) is 23.0 Å². The van der Waals surface area contributed by atoms with Crippen LogP contribution in [0.3, 0.4) is 0 Å². The molecule has 0 saturated carbocycles. The molecule has 1 aromatic carbocycles. The largest absolute Gasteiger partial charge is 0.461 e. The summed E-state index contributed by atoms with van der Waals surface area (Å²) in [4.78, 5) is 28.8. The van der Waals surface area contributed by atoms with Crippen molar-refractivity contribution >= 4 is 28.5 Å². The zero-order valence-electron chi connectivity index (χ0n) is 8.99. The Labute approximate surface area is 101 Å². The van der Waals surface area contributed by atoms with Gasteiger partial charge in [-0.1, -0.05) is 12.1 Å². The molecule has 6 heteroatoms. The molecule has 1 aromatic heterocycles. The summed E-state index contributed by atoms with van der Waals surface area (Å²) in [5.74, 6) is -0.391. The van der Waals surface area contributed by atoms with Crippen LogP contribution in [-0.2, 0) is 16.1 Å². The smallest absolute Gasteiger partial charge is 0.302 e. The molecule has 0 unspecified atom stereocenters. The predicted molar refractivity (Wildman–Crippen MR) is 62.8 cm³/mol. The van der Waals surface area contributed by atoms with Crippen molar-refractivity contribution in [3.8, 4) is 0 Å². The van der Waals surface area contributed by atoms with Gasteiger partial charge in [0, 0.05) is 12.5 Å². The third-order valence-electron chi connectivity index (χ3n) is 2.22. The lowest BCUT2D eigenvalue weighted by Crippen LogP contribution is -2.09. The summed E-state index contributed by atoms with van der Waals surface area (Å²) in [5.41, 5.74) is 0.776. The number of para-hydroxylation sites is 1. The lowest BCUT2D eigenvalue weighted by atomic mass is 10.1. The molecular formula is C11H9ClN2O3. The van der Waals surface area contributed by atoms with Crippen molar-refractivity contribution < 1.29 is 9.53 Å². The van der Waals surface area contributed by atoms with E-state index in [4.69, 9.17) is 16.3 Å². The van der Waals surface area contributed by atoms with Crippen LogP contribution in [0.4, 0.5) is 0 Å². The number of rotatable bonds is 2. The van der Waals surface area contributed by atoms with Gasteiger partial charge in [0.15, 0.2) is 0 Å². The minimum Gasteiger partial charge on any atom is -0.461 e. The van der Waals surface area contributed by atoms with Gasteiger partial charge < -0.3 is 4.74 Å². The molecule has 0 saturated heterocycles. The Hall–Kier alpha value is -1.88. The molecule has 88 valence electrons. The molecule has 2 rings (SSSR count). The van der Waals surface area contributed by atoms with Gasteiger partial charge >= 0.3 is 5.97 Å². The van der Waals surface area contributed by atoms with E-state index >= 15 is 0 Å². The van der Waals surface area contributed by atoms with Crippen molar-refractivity contribution in [2.24, 2.45) is 0 Å². The number of benzene rings is 1. The molecule has 0 radical (unpaired) electrons. The van der Waals surface area contributed by atoms with Gasteiger partial charge in [-0.25, -0.2) is 4.98 Å². The summed E-state index contributed by atoms with van der Waals surface area (Å²) in [5, 5.41) is 0.428. The molecular weight excluding hydrogens is 244 g/mol. The maximum atomic E-state index is 11.6. The molecule has 0 bridgehead atoms. The van der Waals surface area contributed by atoms with Crippen LogP contribution >= 0.6 is 11.6 Å². The third kappa shape index (κ3) is 2.45. The summed E-state index contributed by atoms with van der Waals surface area (Å²) in [6.45, 7) is 1.39. The highest BCUT2D eigenvalue weighted by Crippen LogP contribution is 2.15. The number of aromatic amines is 1. The first-order valence-corrected chi connectivity index (χ1v) is 5.26. The highest BCUT2D eigenvalue weighted by Gasteiger charge is 2.08. The summed E-state index contributed by atoms with van der Waals surface area (Å²) >= 11 is 5.68. The number of ether oxygens (including phenoxy) is 1. The van der Waals surface area contributed by atoms with E-state index in [1.165, 1.54) is 6.92 Å². The standard InChI is InChI=1S/C11H9ClN2O3/c1-6(15)17-5-7-3-2-4-8-9(7)13-11(12)14-10(8)16/h2-4H,5H2,1H3,(H,13,14,16). The number of hydrogen-bond acceptors (Lipinski definition) is 4. The minimum absolute atomic E-state index is 0.0118. The number of H-pyrrole nitrogens is 1. The molecule has 2 aromatic rings. The average Bonchev–Trinajstić information content (AvgIpc) is 2.26. The van der Waals surface area contributed by atoms with Gasteiger partial charge in [0.1, 0.15) is 6.61 Å². The summed E-state index contributed by atoms with van der Waals surface area (Å²) in [6.07, 6.45) is 0. The highest BCUT2D eigenvalue weighted by molar-refractivity contribution is 6.28. The fraction of sp³-hybridized carbons (Fsp3) is 0.182. The second-order valence-electron chi connectivity index (χ2n) is 3.45. The number of esters is 1. The first-order chi connectivity index (χ1) is 8.08. The Balaban J connectivity index is 2.56. The fourth-order valence-corrected chi connectivity index (χ4v) is 1.66. The molecule has 0 fully saturated rings. The monoisotopic (exact) mass is 252 g/mol. The Bertz CT molecular complexity index is 636. The Morgan fingerprint density at radius 2 is 2.29 bits per heavy atom. The summed E-state index contributed by atoms with van der Waals surface area (Å²) in [6, 6.07) is 5.06.